The van der Waals surface area contributed by atoms with E-state index < -0.39 is 0 Å². The van der Waals surface area contributed by atoms with Crippen LogP contribution < -0.4 is 5.32 Å². The Morgan fingerprint density at radius 2 is 1.84 bits per heavy atom. The van der Waals surface area contributed by atoms with Gasteiger partial charge >= 0.3 is 0 Å². The summed E-state index contributed by atoms with van der Waals surface area (Å²) in [6.45, 7) is 2.03. The van der Waals surface area contributed by atoms with E-state index in [-0.39, 0.29) is 5.91 Å². The Bertz CT molecular complexity index is 1350. The smallest absolute Gasteiger partial charge is 0.231 e. The molecule has 2 aromatic heterocycles. The number of oxazole rings is 1. The third kappa shape index (κ3) is 3.96. The number of fused-ring (bicyclic) bond motifs is 1. The predicted octanol–water partition coefficient (Wildman–Crippen LogP) is 5.37. The summed E-state index contributed by atoms with van der Waals surface area (Å²) in [5.41, 5.74) is 6.93. The number of hydrogen-bond acceptors (Lipinski definition) is 4. The zero-order chi connectivity index (χ0) is 21.2. The van der Waals surface area contributed by atoms with Crippen molar-refractivity contribution in [3.05, 3.63) is 90.1 Å². The van der Waals surface area contributed by atoms with Gasteiger partial charge in [-0.25, -0.2) is 4.98 Å². The van der Waals surface area contributed by atoms with Crippen molar-refractivity contribution in [3.8, 4) is 22.7 Å². The van der Waals surface area contributed by atoms with E-state index >= 15 is 0 Å². The number of hydrogen-bond donors (Lipinski definition) is 2. The van der Waals surface area contributed by atoms with Crippen molar-refractivity contribution in [1.82, 2.24) is 15.2 Å². The summed E-state index contributed by atoms with van der Waals surface area (Å²) < 4.78 is 5.93. The summed E-state index contributed by atoms with van der Waals surface area (Å²) in [7, 11) is 0. The highest BCUT2D eigenvalue weighted by atomic mass is 16.3. The lowest BCUT2D eigenvalue weighted by molar-refractivity contribution is -0.115. The number of nitrogens with one attached hydrogen (secondary N) is 2. The van der Waals surface area contributed by atoms with Crippen molar-refractivity contribution in [2.75, 3.05) is 5.32 Å². The molecule has 152 valence electrons. The van der Waals surface area contributed by atoms with Gasteiger partial charge in [0.15, 0.2) is 5.58 Å². The zero-order valence-electron chi connectivity index (χ0n) is 16.9. The Kier molecular flexibility index (Phi) is 4.80. The normalized spacial score (nSPS) is 11.0. The fraction of sp³-hybridized carbons (Fsp3) is 0.0800. The molecule has 3 aromatic carbocycles. The van der Waals surface area contributed by atoms with Crippen LogP contribution in [0, 0.1) is 6.92 Å². The second kappa shape index (κ2) is 7.91. The van der Waals surface area contributed by atoms with E-state index in [2.05, 4.69) is 20.5 Å². The van der Waals surface area contributed by atoms with Gasteiger partial charge in [-0.3, -0.25) is 9.89 Å². The molecule has 0 fully saturated rings. The SMILES string of the molecule is Cc1ccc2oc(-c3cn[nH]c3-c3ccc(NC(=O)Cc4ccccc4)cc3)nc2c1. The molecule has 0 radical (unpaired) electrons. The first-order valence-corrected chi connectivity index (χ1v) is 10.0. The maximum atomic E-state index is 12.3. The number of nitrogens with zero attached hydrogens (tertiary/aromatic N) is 2. The molecule has 0 aliphatic heterocycles. The van der Waals surface area contributed by atoms with Crippen molar-refractivity contribution >= 4 is 22.7 Å². The van der Waals surface area contributed by atoms with Crippen LogP contribution in [-0.2, 0) is 11.2 Å². The summed E-state index contributed by atoms with van der Waals surface area (Å²) in [5, 5.41) is 10.2. The molecule has 31 heavy (non-hydrogen) atoms. The molecule has 0 saturated heterocycles. The van der Waals surface area contributed by atoms with E-state index in [1.54, 1.807) is 6.20 Å². The minimum absolute atomic E-state index is 0.0528. The molecule has 0 unspecified atom stereocenters. The summed E-state index contributed by atoms with van der Waals surface area (Å²) in [6, 6.07) is 23.2. The molecular weight excluding hydrogens is 388 g/mol. The maximum Gasteiger partial charge on any atom is 0.231 e. The van der Waals surface area contributed by atoms with E-state index in [1.165, 1.54) is 0 Å². The van der Waals surface area contributed by atoms with Crippen LogP contribution >= 0.6 is 0 Å². The third-order valence-electron chi connectivity index (χ3n) is 5.08. The average molecular weight is 408 g/mol. The van der Waals surface area contributed by atoms with Gasteiger partial charge in [-0.05, 0) is 42.3 Å². The van der Waals surface area contributed by atoms with Crippen molar-refractivity contribution in [3.63, 3.8) is 0 Å². The van der Waals surface area contributed by atoms with Crippen molar-refractivity contribution in [2.24, 2.45) is 0 Å². The Morgan fingerprint density at radius 1 is 1.03 bits per heavy atom. The van der Waals surface area contributed by atoms with Gasteiger partial charge in [0.05, 0.1) is 23.9 Å². The van der Waals surface area contributed by atoms with E-state index in [4.69, 9.17) is 4.42 Å². The Balaban J connectivity index is 1.36. The number of amides is 1. The monoisotopic (exact) mass is 408 g/mol. The number of aryl methyl sites for hydroxylation is 1. The first-order valence-electron chi connectivity index (χ1n) is 10.0. The highest BCUT2D eigenvalue weighted by Gasteiger charge is 2.16. The standard InChI is InChI=1S/C25H20N4O2/c1-16-7-12-22-21(13-16)28-25(31-22)20-15-26-29-24(20)18-8-10-19(11-9-18)27-23(30)14-17-5-3-2-4-6-17/h2-13,15H,14H2,1H3,(H,26,29)(H,27,30). The molecule has 5 aromatic rings. The van der Waals surface area contributed by atoms with E-state index in [0.717, 1.165) is 44.7 Å². The number of aromatic amines is 1. The average Bonchev–Trinajstić information content (AvgIpc) is 3.41. The Hall–Kier alpha value is -4.19. The molecule has 0 bridgehead atoms. The number of anilines is 1. The van der Waals surface area contributed by atoms with Crippen LogP contribution in [0.4, 0.5) is 5.69 Å². The maximum absolute atomic E-state index is 12.3. The topological polar surface area (TPSA) is 83.8 Å². The molecule has 6 heteroatoms. The third-order valence-corrected chi connectivity index (χ3v) is 5.08. The highest BCUT2D eigenvalue weighted by Crippen LogP contribution is 2.32. The summed E-state index contributed by atoms with van der Waals surface area (Å²) in [4.78, 5) is 16.9. The number of H-pyrrole nitrogens is 1. The fourth-order valence-electron chi connectivity index (χ4n) is 3.53. The molecule has 6 nitrogen and oxygen atoms in total. The Morgan fingerprint density at radius 3 is 2.65 bits per heavy atom. The molecule has 0 atom stereocenters. The van der Waals surface area contributed by atoms with Crippen LogP contribution in [0.5, 0.6) is 0 Å². The summed E-state index contributed by atoms with van der Waals surface area (Å²) >= 11 is 0. The van der Waals surface area contributed by atoms with E-state index in [0.29, 0.717) is 12.3 Å². The van der Waals surface area contributed by atoms with Crippen LogP contribution in [0.2, 0.25) is 0 Å². The van der Waals surface area contributed by atoms with Crippen molar-refractivity contribution in [1.29, 1.82) is 0 Å². The van der Waals surface area contributed by atoms with Crippen LogP contribution in [0.1, 0.15) is 11.1 Å². The van der Waals surface area contributed by atoms with Gasteiger partial charge in [0.1, 0.15) is 5.52 Å². The predicted molar refractivity (Wildman–Crippen MR) is 121 cm³/mol. The molecule has 0 aliphatic rings. The first kappa shape index (κ1) is 18.8. The van der Waals surface area contributed by atoms with Gasteiger partial charge < -0.3 is 9.73 Å². The number of benzene rings is 3. The number of carbonyl (C=O) groups excluding carboxylic acids is 1. The second-order valence-corrected chi connectivity index (χ2v) is 7.44. The molecular formula is C25H20N4O2. The summed E-state index contributed by atoms with van der Waals surface area (Å²) in [5.74, 6) is 0.465. The lowest BCUT2D eigenvalue weighted by atomic mass is 10.1. The molecule has 0 saturated carbocycles. The molecule has 2 heterocycles. The molecule has 2 N–H and O–H groups in total. The fourth-order valence-corrected chi connectivity index (χ4v) is 3.53. The van der Waals surface area contributed by atoms with Gasteiger partial charge in [0.25, 0.3) is 0 Å². The van der Waals surface area contributed by atoms with Crippen LogP contribution in [0.25, 0.3) is 33.8 Å². The lowest BCUT2D eigenvalue weighted by Gasteiger charge is -2.07. The van der Waals surface area contributed by atoms with Gasteiger partial charge in [-0.1, -0.05) is 48.5 Å². The second-order valence-electron chi connectivity index (χ2n) is 7.44. The molecule has 0 aliphatic carbocycles. The van der Waals surface area contributed by atoms with Gasteiger partial charge in [-0.2, -0.15) is 5.10 Å². The van der Waals surface area contributed by atoms with E-state index in [9.17, 15) is 4.79 Å². The summed E-state index contributed by atoms with van der Waals surface area (Å²) in [6.07, 6.45) is 2.05. The van der Waals surface area contributed by atoms with Gasteiger partial charge in [-0.15, -0.1) is 0 Å². The van der Waals surface area contributed by atoms with Crippen molar-refractivity contribution < 1.29 is 9.21 Å². The van der Waals surface area contributed by atoms with Crippen LogP contribution in [0.15, 0.2) is 83.4 Å². The molecule has 5 rings (SSSR count). The zero-order valence-corrected chi connectivity index (χ0v) is 16.9. The van der Waals surface area contributed by atoms with Gasteiger partial charge in [0.2, 0.25) is 11.8 Å². The van der Waals surface area contributed by atoms with Crippen LogP contribution in [0.3, 0.4) is 0 Å². The number of rotatable bonds is 5. The highest BCUT2D eigenvalue weighted by molar-refractivity contribution is 5.92. The number of carbonyl (C=O) groups is 1. The molecule has 1 amide bonds. The first-order chi connectivity index (χ1) is 15.2. The van der Waals surface area contributed by atoms with Crippen molar-refractivity contribution in [2.45, 2.75) is 13.3 Å². The minimum atomic E-state index is -0.0528. The molecule has 0 spiro atoms. The minimum Gasteiger partial charge on any atom is -0.436 e. The van der Waals surface area contributed by atoms with Gasteiger partial charge in [0, 0.05) is 11.3 Å². The largest absolute Gasteiger partial charge is 0.436 e. The number of aromatic nitrogens is 3. The van der Waals surface area contributed by atoms with Crippen LogP contribution in [-0.4, -0.2) is 21.1 Å². The quantitative estimate of drug-likeness (QED) is 0.409. The lowest BCUT2D eigenvalue weighted by Crippen LogP contribution is -2.14. The Labute approximate surface area is 179 Å². The van der Waals surface area contributed by atoms with E-state index in [1.807, 2.05) is 79.7 Å².